The third-order valence-electron chi connectivity index (χ3n) is 3.56. The van der Waals surface area contributed by atoms with Crippen molar-refractivity contribution in [1.82, 2.24) is 10.2 Å². The molecule has 0 aromatic carbocycles. The number of rotatable bonds is 8. The van der Waals surface area contributed by atoms with Gasteiger partial charge in [0.25, 0.3) is 0 Å². The minimum absolute atomic E-state index is 0.334. The van der Waals surface area contributed by atoms with Crippen molar-refractivity contribution >= 4 is 0 Å². The van der Waals surface area contributed by atoms with Crippen molar-refractivity contribution in [1.29, 1.82) is 5.26 Å². The zero-order chi connectivity index (χ0) is 13.8. The van der Waals surface area contributed by atoms with Crippen LogP contribution in [0.15, 0.2) is 0 Å². The fraction of sp³-hybridized carbons (Fsp3) is 0.933. The van der Waals surface area contributed by atoms with Gasteiger partial charge in [0.1, 0.15) is 5.54 Å². The Bertz CT molecular complexity index is 289. The van der Waals surface area contributed by atoms with Crippen molar-refractivity contribution in [3.05, 3.63) is 0 Å². The van der Waals surface area contributed by atoms with Crippen molar-refractivity contribution in [2.45, 2.75) is 59.0 Å². The molecule has 0 spiro atoms. The van der Waals surface area contributed by atoms with Crippen LogP contribution in [0.5, 0.6) is 0 Å². The van der Waals surface area contributed by atoms with Crippen molar-refractivity contribution in [3.63, 3.8) is 0 Å². The quantitative estimate of drug-likeness (QED) is 0.721. The van der Waals surface area contributed by atoms with Crippen LogP contribution in [0.4, 0.5) is 0 Å². The van der Waals surface area contributed by atoms with Gasteiger partial charge in [0.05, 0.1) is 6.07 Å². The molecular formula is C15H29N3. The van der Waals surface area contributed by atoms with Gasteiger partial charge < -0.3 is 4.90 Å². The molecule has 3 nitrogen and oxygen atoms in total. The summed E-state index contributed by atoms with van der Waals surface area (Å²) in [5.41, 5.74) is -0.334. The van der Waals surface area contributed by atoms with E-state index in [1.54, 1.807) is 0 Å². The molecule has 1 N–H and O–H groups in total. The van der Waals surface area contributed by atoms with Crippen LogP contribution < -0.4 is 5.32 Å². The first-order chi connectivity index (χ1) is 8.43. The molecular weight excluding hydrogens is 222 g/mol. The maximum Gasteiger partial charge on any atom is 0.122 e. The topological polar surface area (TPSA) is 39.1 Å². The zero-order valence-electron chi connectivity index (χ0n) is 12.7. The second kappa shape index (κ2) is 6.54. The lowest BCUT2D eigenvalue weighted by molar-refractivity contribution is 0.179. The third-order valence-corrected chi connectivity index (χ3v) is 3.56. The highest BCUT2D eigenvalue weighted by Crippen LogP contribution is 2.40. The Labute approximate surface area is 113 Å². The molecule has 0 aromatic heterocycles. The standard InChI is InChI=1S/C15H29N3/c1-6-18(9-12(2)3)11-15(10-16,14-7-8-14)17-13(4)5/h12-14,17H,6-9,11H2,1-5H3. The molecule has 0 bridgehead atoms. The second-order valence-electron chi connectivity index (χ2n) is 6.38. The van der Waals surface area contributed by atoms with E-state index in [1.165, 1.54) is 12.8 Å². The second-order valence-corrected chi connectivity index (χ2v) is 6.38. The van der Waals surface area contributed by atoms with Gasteiger partial charge in [-0.2, -0.15) is 5.26 Å². The zero-order valence-corrected chi connectivity index (χ0v) is 12.7. The van der Waals surface area contributed by atoms with E-state index in [-0.39, 0.29) is 5.54 Å². The number of nitrogens with zero attached hydrogens (tertiary/aromatic N) is 2. The van der Waals surface area contributed by atoms with Gasteiger partial charge in [-0.1, -0.05) is 20.8 Å². The lowest BCUT2D eigenvalue weighted by Gasteiger charge is -2.36. The first-order valence-electron chi connectivity index (χ1n) is 7.34. The minimum atomic E-state index is -0.334. The molecule has 3 heteroatoms. The van der Waals surface area contributed by atoms with Crippen molar-refractivity contribution < 1.29 is 0 Å². The number of likely N-dealkylation sites (N-methyl/N-ethyl adjacent to an activating group) is 1. The van der Waals surface area contributed by atoms with Crippen molar-refractivity contribution in [2.24, 2.45) is 11.8 Å². The number of nitrogens with one attached hydrogen (secondary N) is 1. The summed E-state index contributed by atoms with van der Waals surface area (Å²) in [5, 5.41) is 13.2. The van der Waals surface area contributed by atoms with E-state index in [1.807, 2.05) is 0 Å². The molecule has 1 fully saturated rings. The molecule has 0 saturated heterocycles. The summed E-state index contributed by atoms with van der Waals surface area (Å²) in [6.45, 7) is 13.9. The molecule has 1 atom stereocenters. The predicted molar refractivity (Wildman–Crippen MR) is 76.3 cm³/mol. The summed E-state index contributed by atoms with van der Waals surface area (Å²) in [7, 11) is 0. The summed E-state index contributed by atoms with van der Waals surface area (Å²) in [6, 6.07) is 2.96. The smallest absolute Gasteiger partial charge is 0.122 e. The van der Waals surface area contributed by atoms with Crippen LogP contribution in [-0.4, -0.2) is 36.1 Å². The molecule has 0 amide bonds. The number of hydrogen-bond donors (Lipinski definition) is 1. The van der Waals surface area contributed by atoms with Crippen LogP contribution in [0, 0.1) is 23.2 Å². The normalized spacial score (nSPS) is 19.3. The molecule has 1 unspecified atom stereocenters. The Kier molecular flexibility index (Phi) is 5.62. The largest absolute Gasteiger partial charge is 0.300 e. The molecule has 1 saturated carbocycles. The Morgan fingerprint density at radius 2 is 1.94 bits per heavy atom. The van der Waals surface area contributed by atoms with Crippen LogP contribution in [-0.2, 0) is 0 Å². The Hall–Kier alpha value is -0.590. The summed E-state index contributed by atoms with van der Waals surface area (Å²) < 4.78 is 0. The average Bonchev–Trinajstić information content (AvgIpc) is 3.09. The highest BCUT2D eigenvalue weighted by atomic mass is 15.2. The predicted octanol–water partition coefficient (Wildman–Crippen LogP) is 2.63. The monoisotopic (exact) mass is 251 g/mol. The van der Waals surface area contributed by atoms with E-state index in [9.17, 15) is 5.26 Å². The summed E-state index contributed by atoms with van der Waals surface area (Å²) in [6.07, 6.45) is 2.40. The Balaban J connectivity index is 2.73. The van der Waals surface area contributed by atoms with Crippen LogP contribution in [0.2, 0.25) is 0 Å². The van der Waals surface area contributed by atoms with E-state index in [0.29, 0.717) is 17.9 Å². The fourth-order valence-corrected chi connectivity index (χ4v) is 2.72. The van der Waals surface area contributed by atoms with Gasteiger partial charge in [0.2, 0.25) is 0 Å². The molecule has 1 aliphatic carbocycles. The maximum atomic E-state index is 9.68. The fourth-order valence-electron chi connectivity index (χ4n) is 2.72. The first kappa shape index (κ1) is 15.5. The van der Waals surface area contributed by atoms with E-state index in [2.05, 4.69) is 50.9 Å². The highest BCUT2D eigenvalue weighted by Gasteiger charge is 2.46. The van der Waals surface area contributed by atoms with E-state index >= 15 is 0 Å². The summed E-state index contributed by atoms with van der Waals surface area (Å²) in [4.78, 5) is 2.42. The van der Waals surface area contributed by atoms with Gasteiger partial charge in [-0.15, -0.1) is 0 Å². The molecule has 104 valence electrons. The van der Waals surface area contributed by atoms with E-state index in [4.69, 9.17) is 0 Å². The summed E-state index contributed by atoms with van der Waals surface area (Å²) >= 11 is 0. The van der Waals surface area contributed by atoms with E-state index in [0.717, 1.165) is 19.6 Å². The van der Waals surface area contributed by atoms with Crippen molar-refractivity contribution in [3.8, 4) is 6.07 Å². The average molecular weight is 251 g/mol. The molecule has 0 aliphatic heterocycles. The molecule has 1 aliphatic rings. The molecule has 18 heavy (non-hydrogen) atoms. The van der Waals surface area contributed by atoms with Gasteiger partial charge in [0, 0.05) is 19.1 Å². The Morgan fingerprint density at radius 1 is 1.33 bits per heavy atom. The maximum absolute atomic E-state index is 9.68. The van der Waals surface area contributed by atoms with Gasteiger partial charge in [-0.3, -0.25) is 5.32 Å². The molecule has 0 aromatic rings. The lowest BCUT2D eigenvalue weighted by Crippen LogP contribution is -2.57. The minimum Gasteiger partial charge on any atom is -0.300 e. The highest BCUT2D eigenvalue weighted by molar-refractivity contribution is 5.17. The van der Waals surface area contributed by atoms with Crippen LogP contribution >= 0.6 is 0 Å². The molecule has 0 heterocycles. The van der Waals surface area contributed by atoms with Crippen LogP contribution in [0.3, 0.4) is 0 Å². The molecule has 1 rings (SSSR count). The van der Waals surface area contributed by atoms with Crippen molar-refractivity contribution in [2.75, 3.05) is 19.6 Å². The van der Waals surface area contributed by atoms with Crippen LogP contribution in [0.25, 0.3) is 0 Å². The SMILES string of the molecule is CCN(CC(C)C)CC(C#N)(NC(C)C)C1CC1. The van der Waals surface area contributed by atoms with Gasteiger partial charge in [-0.05, 0) is 45.1 Å². The van der Waals surface area contributed by atoms with Gasteiger partial charge >= 0.3 is 0 Å². The third kappa shape index (κ3) is 4.26. The van der Waals surface area contributed by atoms with E-state index < -0.39 is 0 Å². The number of nitriles is 1. The van der Waals surface area contributed by atoms with Gasteiger partial charge in [-0.25, -0.2) is 0 Å². The molecule has 0 radical (unpaired) electrons. The summed E-state index contributed by atoms with van der Waals surface area (Å²) in [5.74, 6) is 1.20. The first-order valence-corrected chi connectivity index (χ1v) is 7.34. The Morgan fingerprint density at radius 3 is 2.28 bits per heavy atom. The lowest BCUT2D eigenvalue weighted by atomic mass is 9.92. The number of hydrogen-bond acceptors (Lipinski definition) is 3. The van der Waals surface area contributed by atoms with Crippen LogP contribution in [0.1, 0.15) is 47.5 Å². The van der Waals surface area contributed by atoms with Gasteiger partial charge in [0.15, 0.2) is 0 Å².